The highest BCUT2D eigenvalue weighted by Gasteiger charge is 2.50. The molecule has 3 aliphatic carbocycles. The van der Waals surface area contributed by atoms with Crippen LogP contribution in [0.5, 0.6) is 0 Å². The molecule has 2 bridgehead atoms. The summed E-state index contributed by atoms with van der Waals surface area (Å²) in [5.74, 6) is 2.01. The third-order valence-corrected chi connectivity index (χ3v) is 6.39. The lowest BCUT2D eigenvalue weighted by molar-refractivity contribution is -0.128. The molecule has 20 heavy (non-hydrogen) atoms. The Balaban J connectivity index is 1.42. The molecule has 112 valence electrons. The van der Waals surface area contributed by atoms with Crippen molar-refractivity contribution in [2.24, 2.45) is 29.4 Å². The van der Waals surface area contributed by atoms with Crippen LogP contribution in [0.25, 0.3) is 0 Å². The zero-order valence-corrected chi connectivity index (χ0v) is 12.1. The number of amides is 1. The lowest BCUT2D eigenvalue weighted by Gasteiger charge is -2.35. The van der Waals surface area contributed by atoms with Gasteiger partial charge in [0.1, 0.15) is 0 Å². The molecule has 3 saturated carbocycles. The van der Waals surface area contributed by atoms with E-state index in [0.717, 1.165) is 19.4 Å². The van der Waals surface area contributed by atoms with Gasteiger partial charge in [0.15, 0.2) is 0 Å². The second kappa shape index (κ2) is 4.99. The standard InChI is InChI=1S/C16H26N2O2/c17-15-10-5-4-9(8-10)14(15)16(19)18-12-2-1-3-13-11(12)6-7-20-13/h9-15H,1-8,17H2,(H,18,19). The Hall–Kier alpha value is -0.610. The molecule has 1 heterocycles. The highest BCUT2D eigenvalue weighted by atomic mass is 16.5. The molecule has 0 aromatic heterocycles. The van der Waals surface area contributed by atoms with Crippen LogP contribution in [0.3, 0.4) is 0 Å². The highest BCUT2D eigenvalue weighted by Crippen LogP contribution is 2.48. The summed E-state index contributed by atoms with van der Waals surface area (Å²) < 4.78 is 5.79. The molecule has 1 saturated heterocycles. The van der Waals surface area contributed by atoms with Crippen LogP contribution in [0, 0.1) is 23.7 Å². The Morgan fingerprint density at radius 1 is 1.10 bits per heavy atom. The van der Waals surface area contributed by atoms with Crippen molar-refractivity contribution in [3.63, 3.8) is 0 Å². The van der Waals surface area contributed by atoms with E-state index in [1.54, 1.807) is 0 Å². The van der Waals surface area contributed by atoms with Gasteiger partial charge < -0.3 is 15.8 Å². The first-order valence-electron chi connectivity index (χ1n) is 8.41. The predicted octanol–water partition coefficient (Wildman–Crippen LogP) is 1.43. The number of ether oxygens (including phenoxy) is 1. The Labute approximate surface area is 120 Å². The van der Waals surface area contributed by atoms with E-state index in [9.17, 15) is 4.79 Å². The molecule has 7 atom stereocenters. The molecule has 3 N–H and O–H groups in total. The first-order chi connectivity index (χ1) is 9.74. The van der Waals surface area contributed by atoms with Gasteiger partial charge in [0.05, 0.1) is 12.0 Å². The number of fused-ring (bicyclic) bond motifs is 3. The number of carbonyl (C=O) groups excluding carboxylic acids is 1. The van der Waals surface area contributed by atoms with E-state index in [4.69, 9.17) is 10.5 Å². The molecule has 1 amide bonds. The van der Waals surface area contributed by atoms with Crippen LogP contribution in [0.1, 0.15) is 44.9 Å². The number of carbonyl (C=O) groups is 1. The van der Waals surface area contributed by atoms with Crippen molar-refractivity contribution in [2.75, 3.05) is 6.61 Å². The molecule has 0 aromatic rings. The van der Waals surface area contributed by atoms with Gasteiger partial charge in [0.2, 0.25) is 5.91 Å². The smallest absolute Gasteiger partial charge is 0.225 e. The summed E-state index contributed by atoms with van der Waals surface area (Å²) in [6.45, 7) is 0.870. The normalized spacial score (nSPS) is 50.1. The first kappa shape index (κ1) is 13.1. The summed E-state index contributed by atoms with van der Waals surface area (Å²) in [6.07, 6.45) is 8.58. The van der Waals surface area contributed by atoms with E-state index in [1.807, 2.05) is 0 Å². The molecule has 0 radical (unpaired) electrons. The van der Waals surface area contributed by atoms with Gasteiger partial charge in [-0.2, -0.15) is 0 Å². The fourth-order valence-corrected chi connectivity index (χ4v) is 5.36. The summed E-state index contributed by atoms with van der Waals surface area (Å²) in [5.41, 5.74) is 6.29. The van der Waals surface area contributed by atoms with Gasteiger partial charge in [0, 0.05) is 24.6 Å². The van der Waals surface area contributed by atoms with Gasteiger partial charge >= 0.3 is 0 Å². The SMILES string of the molecule is NC1C2CCC(C2)C1C(=O)NC1CCCC2OCCC12. The molecular formula is C16H26N2O2. The van der Waals surface area contributed by atoms with Crippen molar-refractivity contribution in [1.82, 2.24) is 5.32 Å². The second-order valence-corrected chi connectivity index (χ2v) is 7.34. The summed E-state index contributed by atoms with van der Waals surface area (Å²) in [7, 11) is 0. The minimum absolute atomic E-state index is 0.0800. The number of nitrogens with two attached hydrogens (primary N) is 1. The van der Waals surface area contributed by atoms with Crippen LogP contribution >= 0.6 is 0 Å². The third kappa shape index (κ3) is 2.00. The molecule has 4 nitrogen and oxygen atoms in total. The van der Waals surface area contributed by atoms with Crippen molar-refractivity contribution in [3.8, 4) is 0 Å². The van der Waals surface area contributed by atoms with E-state index in [1.165, 1.54) is 32.1 Å². The minimum Gasteiger partial charge on any atom is -0.378 e. The highest BCUT2D eigenvalue weighted by molar-refractivity contribution is 5.80. The Morgan fingerprint density at radius 3 is 2.75 bits per heavy atom. The molecule has 4 heteroatoms. The van der Waals surface area contributed by atoms with Gasteiger partial charge in [-0.05, 0) is 56.8 Å². The van der Waals surface area contributed by atoms with Crippen LogP contribution < -0.4 is 11.1 Å². The average molecular weight is 278 g/mol. The number of rotatable bonds is 2. The molecule has 4 fully saturated rings. The lowest BCUT2D eigenvalue weighted by atomic mass is 9.80. The summed E-state index contributed by atoms with van der Waals surface area (Å²) in [4.78, 5) is 12.7. The summed E-state index contributed by atoms with van der Waals surface area (Å²) >= 11 is 0. The van der Waals surface area contributed by atoms with E-state index >= 15 is 0 Å². The Morgan fingerprint density at radius 2 is 1.95 bits per heavy atom. The zero-order valence-electron chi connectivity index (χ0n) is 12.1. The summed E-state index contributed by atoms with van der Waals surface area (Å²) in [6, 6.07) is 0.433. The zero-order chi connectivity index (χ0) is 13.7. The number of nitrogens with one attached hydrogen (secondary N) is 1. The van der Waals surface area contributed by atoms with Crippen molar-refractivity contribution in [3.05, 3.63) is 0 Å². The summed E-state index contributed by atoms with van der Waals surface area (Å²) in [5, 5.41) is 3.35. The number of hydrogen-bond acceptors (Lipinski definition) is 3. The Kier molecular flexibility index (Phi) is 3.26. The van der Waals surface area contributed by atoms with Crippen LogP contribution in [-0.2, 0) is 9.53 Å². The van der Waals surface area contributed by atoms with Crippen molar-refractivity contribution in [2.45, 2.75) is 63.1 Å². The van der Waals surface area contributed by atoms with Crippen LogP contribution in [-0.4, -0.2) is 30.7 Å². The molecule has 0 spiro atoms. The van der Waals surface area contributed by atoms with Crippen LogP contribution in [0.4, 0.5) is 0 Å². The van der Waals surface area contributed by atoms with E-state index in [2.05, 4.69) is 5.32 Å². The van der Waals surface area contributed by atoms with Gasteiger partial charge in [-0.25, -0.2) is 0 Å². The quantitative estimate of drug-likeness (QED) is 0.803. The molecule has 4 aliphatic rings. The average Bonchev–Trinajstić information content (AvgIpc) is 3.13. The van der Waals surface area contributed by atoms with Crippen molar-refractivity contribution >= 4 is 5.91 Å². The Bertz CT molecular complexity index is 398. The van der Waals surface area contributed by atoms with E-state index in [-0.39, 0.29) is 17.9 Å². The lowest BCUT2D eigenvalue weighted by Crippen LogP contribution is -2.52. The fraction of sp³-hybridized carbons (Fsp3) is 0.938. The van der Waals surface area contributed by atoms with E-state index in [0.29, 0.717) is 29.9 Å². The molecular weight excluding hydrogens is 252 g/mol. The maximum atomic E-state index is 12.7. The third-order valence-electron chi connectivity index (χ3n) is 6.39. The van der Waals surface area contributed by atoms with Gasteiger partial charge in [-0.1, -0.05) is 0 Å². The van der Waals surface area contributed by atoms with Gasteiger partial charge in [-0.3, -0.25) is 4.79 Å². The first-order valence-corrected chi connectivity index (χ1v) is 8.41. The van der Waals surface area contributed by atoms with Crippen LogP contribution in [0.15, 0.2) is 0 Å². The largest absolute Gasteiger partial charge is 0.378 e. The van der Waals surface area contributed by atoms with Crippen molar-refractivity contribution in [1.29, 1.82) is 0 Å². The predicted molar refractivity (Wildman–Crippen MR) is 75.9 cm³/mol. The van der Waals surface area contributed by atoms with E-state index < -0.39 is 0 Å². The van der Waals surface area contributed by atoms with Crippen molar-refractivity contribution < 1.29 is 9.53 Å². The van der Waals surface area contributed by atoms with Crippen LogP contribution in [0.2, 0.25) is 0 Å². The topological polar surface area (TPSA) is 64.4 Å². The monoisotopic (exact) mass is 278 g/mol. The molecule has 1 aliphatic heterocycles. The molecule has 7 unspecified atom stereocenters. The molecule has 4 rings (SSSR count). The number of hydrogen-bond donors (Lipinski definition) is 2. The maximum absolute atomic E-state index is 12.7. The second-order valence-electron chi connectivity index (χ2n) is 7.34. The fourth-order valence-electron chi connectivity index (χ4n) is 5.36. The minimum atomic E-state index is 0.0800. The van der Waals surface area contributed by atoms with Gasteiger partial charge in [0.25, 0.3) is 0 Å². The molecule has 0 aromatic carbocycles. The maximum Gasteiger partial charge on any atom is 0.225 e. The van der Waals surface area contributed by atoms with Gasteiger partial charge in [-0.15, -0.1) is 0 Å².